The summed E-state index contributed by atoms with van der Waals surface area (Å²) in [5.74, 6) is -0.431. The molecule has 0 aliphatic rings. The summed E-state index contributed by atoms with van der Waals surface area (Å²) in [6.45, 7) is 0. The highest BCUT2D eigenvalue weighted by atomic mass is 79.9. The van der Waals surface area contributed by atoms with E-state index in [0.29, 0.717) is 15.6 Å². The summed E-state index contributed by atoms with van der Waals surface area (Å²) >= 11 is 8.96. The lowest BCUT2D eigenvalue weighted by atomic mass is 10.1. The Morgan fingerprint density at radius 1 is 1.27 bits per heavy atom. The molecule has 2 aromatic rings. The molecule has 0 aliphatic heterocycles. The minimum atomic E-state index is -0.431. The number of aromatic nitrogens is 1. The monoisotopic (exact) mass is 285 g/mol. The van der Waals surface area contributed by atoms with Crippen LogP contribution in [0.15, 0.2) is 41.1 Å². The molecule has 1 nitrogen and oxygen atoms in total. The average Bonchev–Trinajstić information content (AvgIpc) is 2.27. The third-order valence-electron chi connectivity index (χ3n) is 2.01. The Morgan fingerprint density at radius 3 is 2.73 bits per heavy atom. The van der Waals surface area contributed by atoms with E-state index in [0.717, 1.165) is 0 Å². The quantitative estimate of drug-likeness (QED) is 0.712. The first kappa shape index (κ1) is 10.6. The topological polar surface area (TPSA) is 12.9 Å². The SMILES string of the molecule is Fc1c(-c2cccnc2)ccc(Br)c1Cl. The van der Waals surface area contributed by atoms with Gasteiger partial charge in [0, 0.05) is 28.0 Å². The lowest BCUT2D eigenvalue weighted by Crippen LogP contribution is -1.87. The molecule has 0 saturated heterocycles. The van der Waals surface area contributed by atoms with Crippen LogP contribution in [0, 0.1) is 5.82 Å². The molecule has 0 spiro atoms. The fourth-order valence-electron chi connectivity index (χ4n) is 1.27. The van der Waals surface area contributed by atoms with Crippen LogP contribution in [0.3, 0.4) is 0 Å². The summed E-state index contributed by atoms with van der Waals surface area (Å²) < 4.78 is 14.3. The van der Waals surface area contributed by atoms with Gasteiger partial charge in [0.05, 0.1) is 5.02 Å². The van der Waals surface area contributed by atoms with E-state index < -0.39 is 5.82 Å². The van der Waals surface area contributed by atoms with E-state index in [9.17, 15) is 4.39 Å². The lowest BCUT2D eigenvalue weighted by molar-refractivity contribution is 0.631. The van der Waals surface area contributed by atoms with Crippen molar-refractivity contribution in [1.29, 1.82) is 0 Å². The van der Waals surface area contributed by atoms with Gasteiger partial charge in [-0.1, -0.05) is 23.7 Å². The van der Waals surface area contributed by atoms with E-state index >= 15 is 0 Å². The van der Waals surface area contributed by atoms with Crippen molar-refractivity contribution < 1.29 is 4.39 Å². The molecule has 0 saturated carbocycles. The maximum absolute atomic E-state index is 13.8. The molecule has 15 heavy (non-hydrogen) atoms. The Labute approximate surface area is 100 Å². The highest BCUT2D eigenvalue weighted by Gasteiger charge is 2.11. The van der Waals surface area contributed by atoms with Crippen LogP contribution < -0.4 is 0 Å². The van der Waals surface area contributed by atoms with Crippen LogP contribution in [0.25, 0.3) is 11.1 Å². The number of rotatable bonds is 1. The molecule has 0 N–H and O–H groups in total. The fraction of sp³-hybridized carbons (Fsp3) is 0. The Kier molecular flexibility index (Phi) is 3.03. The molecule has 0 atom stereocenters. The van der Waals surface area contributed by atoms with Crippen LogP contribution in [0.1, 0.15) is 0 Å². The average molecular weight is 287 g/mol. The van der Waals surface area contributed by atoms with E-state index in [-0.39, 0.29) is 5.02 Å². The maximum atomic E-state index is 13.8. The second-order valence-electron chi connectivity index (χ2n) is 2.96. The molecule has 0 bridgehead atoms. The van der Waals surface area contributed by atoms with Gasteiger partial charge in [0.25, 0.3) is 0 Å². The van der Waals surface area contributed by atoms with Crippen molar-refractivity contribution in [3.63, 3.8) is 0 Å². The zero-order valence-corrected chi connectivity index (χ0v) is 9.89. The molecule has 4 heteroatoms. The third kappa shape index (κ3) is 2.03. The molecular formula is C11H6BrClFN. The third-order valence-corrected chi connectivity index (χ3v) is 3.27. The van der Waals surface area contributed by atoms with Gasteiger partial charge < -0.3 is 0 Å². The van der Waals surface area contributed by atoms with Crippen molar-refractivity contribution in [2.24, 2.45) is 0 Å². The molecule has 0 unspecified atom stereocenters. The number of benzene rings is 1. The van der Waals surface area contributed by atoms with Crippen molar-refractivity contribution in [1.82, 2.24) is 4.98 Å². The van der Waals surface area contributed by atoms with E-state index in [1.807, 2.05) is 0 Å². The van der Waals surface area contributed by atoms with Crippen LogP contribution in [0.4, 0.5) is 4.39 Å². The van der Waals surface area contributed by atoms with E-state index in [2.05, 4.69) is 20.9 Å². The maximum Gasteiger partial charge on any atom is 0.150 e. The summed E-state index contributed by atoms with van der Waals surface area (Å²) in [6, 6.07) is 6.93. The summed E-state index contributed by atoms with van der Waals surface area (Å²) in [4.78, 5) is 3.93. The molecule has 1 aromatic heterocycles. The van der Waals surface area contributed by atoms with Gasteiger partial charge in [0.1, 0.15) is 0 Å². The molecule has 2 rings (SSSR count). The Morgan fingerprint density at radius 2 is 2.07 bits per heavy atom. The fourth-order valence-corrected chi connectivity index (χ4v) is 1.74. The van der Waals surface area contributed by atoms with E-state index in [4.69, 9.17) is 11.6 Å². The smallest absolute Gasteiger partial charge is 0.150 e. The van der Waals surface area contributed by atoms with Crippen molar-refractivity contribution >= 4 is 27.5 Å². The van der Waals surface area contributed by atoms with E-state index in [1.165, 1.54) is 0 Å². The van der Waals surface area contributed by atoms with Gasteiger partial charge in [-0.15, -0.1) is 0 Å². The van der Waals surface area contributed by atoms with Crippen molar-refractivity contribution in [2.75, 3.05) is 0 Å². The molecule has 76 valence electrons. The van der Waals surface area contributed by atoms with Gasteiger partial charge in [-0.05, 0) is 28.1 Å². The van der Waals surface area contributed by atoms with Crippen LogP contribution in [0.5, 0.6) is 0 Å². The summed E-state index contributed by atoms with van der Waals surface area (Å²) in [6.07, 6.45) is 3.24. The van der Waals surface area contributed by atoms with Gasteiger partial charge in [-0.2, -0.15) is 0 Å². The summed E-state index contributed by atoms with van der Waals surface area (Å²) in [5.41, 5.74) is 1.17. The molecule has 1 aromatic carbocycles. The van der Waals surface area contributed by atoms with Gasteiger partial charge in [-0.3, -0.25) is 4.98 Å². The Balaban J connectivity index is 2.60. The summed E-state index contributed by atoms with van der Waals surface area (Å²) in [5, 5.41) is 0.0938. The first-order valence-electron chi connectivity index (χ1n) is 4.24. The summed E-state index contributed by atoms with van der Waals surface area (Å²) in [7, 11) is 0. The molecule has 0 aliphatic carbocycles. The lowest BCUT2D eigenvalue weighted by Gasteiger charge is -2.05. The molecular weight excluding hydrogens is 280 g/mol. The molecule has 0 amide bonds. The number of pyridine rings is 1. The Bertz CT molecular complexity index is 487. The van der Waals surface area contributed by atoms with Crippen LogP contribution in [-0.4, -0.2) is 4.98 Å². The predicted molar refractivity (Wildman–Crippen MR) is 62.3 cm³/mol. The van der Waals surface area contributed by atoms with Gasteiger partial charge in [0.2, 0.25) is 0 Å². The second kappa shape index (κ2) is 4.29. The standard InChI is InChI=1S/C11H6BrClFN/c12-9-4-3-8(11(14)10(9)13)7-2-1-5-15-6-7/h1-6H. The van der Waals surface area contributed by atoms with Crippen molar-refractivity contribution in [3.05, 3.63) is 52.0 Å². The van der Waals surface area contributed by atoms with Crippen LogP contribution >= 0.6 is 27.5 Å². The molecule has 0 radical (unpaired) electrons. The highest BCUT2D eigenvalue weighted by molar-refractivity contribution is 9.10. The number of halogens is 3. The zero-order chi connectivity index (χ0) is 10.8. The minimum absolute atomic E-state index is 0.0938. The predicted octanol–water partition coefficient (Wildman–Crippen LogP) is 4.30. The highest BCUT2D eigenvalue weighted by Crippen LogP contribution is 2.32. The van der Waals surface area contributed by atoms with Gasteiger partial charge in [0.15, 0.2) is 5.82 Å². The first-order valence-corrected chi connectivity index (χ1v) is 5.41. The van der Waals surface area contributed by atoms with Gasteiger partial charge >= 0.3 is 0 Å². The van der Waals surface area contributed by atoms with Crippen molar-refractivity contribution in [3.8, 4) is 11.1 Å². The Hall–Kier alpha value is -0.930. The number of nitrogens with zero attached hydrogens (tertiary/aromatic N) is 1. The number of hydrogen-bond acceptors (Lipinski definition) is 1. The largest absolute Gasteiger partial charge is 0.264 e. The molecule has 1 heterocycles. The van der Waals surface area contributed by atoms with Gasteiger partial charge in [-0.25, -0.2) is 4.39 Å². The second-order valence-corrected chi connectivity index (χ2v) is 4.20. The molecule has 0 fully saturated rings. The normalized spacial score (nSPS) is 10.3. The first-order chi connectivity index (χ1) is 7.20. The number of hydrogen-bond donors (Lipinski definition) is 0. The van der Waals surface area contributed by atoms with Crippen LogP contribution in [0.2, 0.25) is 5.02 Å². The minimum Gasteiger partial charge on any atom is -0.264 e. The van der Waals surface area contributed by atoms with E-state index in [1.54, 1.807) is 36.7 Å². The van der Waals surface area contributed by atoms with Crippen LogP contribution in [-0.2, 0) is 0 Å². The van der Waals surface area contributed by atoms with Crippen molar-refractivity contribution in [2.45, 2.75) is 0 Å². The zero-order valence-electron chi connectivity index (χ0n) is 7.55.